The molecular weight excluding hydrogens is 482 g/mol. The molecule has 196 valence electrons. The first-order valence-corrected chi connectivity index (χ1v) is 12.2. The van der Waals surface area contributed by atoms with Gasteiger partial charge in [0.2, 0.25) is 23.6 Å². The molecule has 1 rings (SSSR count). The third-order valence-electron chi connectivity index (χ3n) is 4.93. The number of rotatable bonds is 16. The van der Waals surface area contributed by atoms with Crippen molar-refractivity contribution in [3.63, 3.8) is 0 Å². The van der Waals surface area contributed by atoms with Crippen LogP contribution in [-0.4, -0.2) is 92.1 Å². The zero-order valence-electron chi connectivity index (χ0n) is 19.5. The summed E-state index contributed by atoms with van der Waals surface area (Å²) in [5, 5.41) is 26.0. The lowest BCUT2D eigenvalue weighted by atomic mass is 10.1. The van der Waals surface area contributed by atoms with Crippen molar-refractivity contribution in [3.05, 3.63) is 18.2 Å². The smallest absolute Gasteiger partial charge is 0.328 e. The molecular formula is C20H33N7O7S. The Morgan fingerprint density at radius 1 is 1.09 bits per heavy atom. The number of carboxylic acid groups (broad SMARTS) is 1. The van der Waals surface area contributed by atoms with Gasteiger partial charge in [-0.2, -0.15) is 11.8 Å². The van der Waals surface area contributed by atoms with E-state index in [9.17, 15) is 34.2 Å². The van der Waals surface area contributed by atoms with Gasteiger partial charge in [-0.15, -0.1) is 0 Å². The highest BCUT2D eigenvalue weighted by Crippen LogP contribution is 2.06. The number of aliphatic hydroxyl groups is 1. The van der Waals surface area contributed by atoms with Crippen LogP contribution in [0.3, 0.4) is 0 Å². The van der Waals surface area contributed by atoms with Gasteiger partial charge in [0, 0.05) is 24.7 Å². The predicted molar refractivity (Wildman–Crippen MR) is 127 cm³/mol. The van der Waals surface area contributed by atoms with E-state index < -0.39 is 59.9 Å². The largest absolute Gasteiger partial charge is 0.480 e. The van der Waals surface area contributed by atoms with Crippen LogP contribution in [0.4, 0.5) is 0 Å². The van der Waals surface area contributed by atoms with Gasteiger partial charge in [0.1, 0.15) is 12.1 Å². The number of aliphatic carboxylic acids is 1. The normalized spacial score (nSPS) is 15.2. The molecule has 0 saturated carbocycles. The Morgan fingerprint density at radius 3 is 2.20 bits per heavy atom. The number of aliphatic hydroxyl groups excluding tert-OH is 1. The van der Waals surface area contributed by atoms with Crippen molar-refractivity contribution in [2.75, 3.05) is 12.0 Å². The molecule has 0 aliphatic heterocycles. The van der Waals surface area contributed by atoms with Crippen molar-refractivity contribution >= 4 is 41.4 Å². The van der Waals surface area contributed by atoms with E-state index in [2.05, 4.69) is 25.9 Å². The van der Waals surface area contributed by atoms with Gasteiger partial charge in [-0.1, -0.05) is 0 Å². The van der Waals surface area contributed by atoms with E-state index in [0.29, 0.717) is 11.4 Å². The number of carboxylic acids is 1. The number of aromatic nitrogens is 2. The molecule has 0 radical (unpaired) electrons. The zero-order valence-corrected chi connectivity index (χ0v) is 20.3. The number of hydrogen-bond acceptors (Lipinski definition) is 9. The molecule has 1 aromatic rings. The molecule has 5 atom stereocenters. The fourth-order valence-electron chi connectivity index (χ4n) is 2.98. The maximum atomic E-state index is 13.0. The van der Waals surface area contributed by atoms with E-state index in [1.165, 1.54) is 31.2 Å². The first kappa shape index (κ1) is 29.9. The Bertz CT molecular complexity index is 866. The van der Waals surface area contributed by atoms with Crippen LogP contribution >= 0.6 is 11.8 Å². The van der Waals surface area contributed by atoms with Crippen LogP contribution in [0.15, 0.2) is 12.5 Å². The number of imidazole rings is 1. The van der Waals surface area contributed by atoms with Crippen LogP contribution in [-0.2, 0) is 30.4 Å². The summed E-state index contributed by atoms with van der Waals surface area (Å²) in [6.45, 7) is 1.18. The van der Waals surface area contributed by atoms with E-state index in [0.717, 1.165) is 0 Å². The monoisotopic (exact) mass is 515 g/mol. The van der Waals surface area contributed by atoms with Crippen molar-refractivity contribution in [2.45, 2.75) is 62.9 Å². The number of H-pyrrole nitrogens is 1. The van der Waals surface area contributed by atoms with Gasteiger partial charge in [-0.05, 0) is 31.8 Å². The Morgan fingerprint density at radius 2 is 1.69 bits per heavy atom. The molecule has 0 aliphatic carbocycles. The minimum Gasteiger partial charge on any atom is -0.480 e. The Balaban J connectivity index is 2.95. The SMILES string of the molecule is CSCCC(NC(=O)C(N)Cc1cnc[nH]1)C(=O)NC(CCC(N)=O)C(=O)NC(C(=O)O)C(C)O. The van der Waals surface area contributed by atoms with Crippen LogP contribution in [0.5, 0.6) is 0 Å². The van der Waals surface area contributed by atoms with Crippen LogP contribution in [0.1, 0.15) is 31.9 Å². The number of primary amides is 1. The molecule has 10 N–H and O–H groups in total. The number of aromatic amines is 1. The van der Waals surface area contributed by atoms with Crippen molar-refractivity contribution in [3.8, 4) is 0 Å². The summed E-state index contributed by atoms with van der Waals surface area (Å²) in [5.74, 6) is -3.98. The highest BCUT2D eigenvalue weighted by atomic mass is 32.2. The lowest BCUT2D eigenvalue weighted by Gasteiger charge is -2.25. The number of nitrogens with zero attached hydrogens (tertiary/aromatic N) is 1. The number of carbonyl (C=O) groups is 5. The summed E-state index contributed by atoms with van der Waals surface area (Å²) < 4.78 is 0. The number of nitrogens with two attached hydrogens (primary N) is 2. The van der Waals surface area contributed by atoms with Crippen LogP contribution in [0.25, 0.3) is 0 Å². The summed E-state index contributed by atoms with van der Waals surface area (Å²) in [6.07, 6.45) is 3.22. The molecule has 0 aromatic carbocycles. The van der Waals surface area contributed by atoms with Gasteiger partial charge in [0.05, 0.1) is 18.5 Å². The van der Waals surface area contributed by atoms with Gasteiger partial charge < -0.3 is 42.6 Å². The van der Waals surface area contributed by atoms with Crippen molar-refractivity contribution in [1.29, 1.82) is 0 Å². The van der Waals surface area contributed by atoms with Crippen LogP contribution in [0.2, 0.25) is 0 Å². The van der Waals surface area contributed by atoms with Gasteiger partial charge >= 0.3 is 5.97 Å². The topological polar surface area (TPSA) is 243 Å². The van der Waals surface area contributed by atoms with Crippen LogP contribution < -0.4 is 27.4 Å². The summed E-state index contributed by atoms with van der Waals surface area (Å²) in [7, 11) is 0. The first-order chi connectivity index (χ1) is 16.5. The second kappa shape index (κ2) is 15.0. The molecule has 0 aliphatic rings. The van der Waals surface area contributed by atoms with Crippen LogP contribution in [0, 0.1) is 0 Å². The molecule has 1 aromatic heterocycles. The van der Waals surface area contributed by atoms with Crippen molar-refractivity contribution < 1.29 is 34.2 Å². The van der Waals surface area contributed by atoms with Gasteiger partial charge in [-0.25, -0.2) is 9.78 Å². The quantitative estimate of drug-likeness (QED) is 0.112. The Kier molecular flexibility index (Phi) is 12.8. The molecule has 1 heterocycles. The lowest BCUT2D eigenvalue weighted by molar-refractivity contribution is -0.145. The lowest BCUT2D eigenvalue weighted by Crippen LogP contribution is -2.58. The van der Waals surface area contributed by atoms with Crippen molar-refractivity contribution in [1.82, 2.24) is 25.9 Å². The molecule has 5 unspecified atom stereocenters. The molecule has 0 saturated heterocycles. The van der Waals surface area contributed by atoms with E-state index in [4.69, 9.17) is 11.5 Å². The molecule has 15 heteroatoms. The number of nitrogens with one attached hydrogen (secondary N) is 4. The summed E-state index contributed by atoms with van der Waals surface area (Å²) in [6, 6.07) is -5.01. The Labute approximate surface area is 206 Å². The number of thioether (sulfide) groups is 1. The second-order valence-electron chi connectivity index (χ2n) is 7.86. The summed E-state index contributed by atoms with van der Waals surface area (Å²) in [4.78, 5) is 67.5. The minimum atomic E-state index is -1.64. The fourth-order valence-corrected chi connectivity index (χ4v) is 3.45. The maximum Gasteiger partial charge on any atom is 0.328 e. The van der Waals surface area contributed by atoms with E-state index in [-0.39, 0.29) is 25.7 Å². The molecule has 35 heavy (non-hydrogen) atoms. The van der Waals surface area contributed by atoms with E-state index in [1.54, 1.807) is 0 Å². The Hall–Kier alpha value is -3.17. The molecule has 0 bridgehead atoms. The summed E-state index contributed by atoms with van der Waals surface area (Å²) in [5.41, 5.74) is 11.7. The predicted octanol–water partition coefficient (Wildman–Crippen LogP) is -2.78. The highest BCUT2D eigenvalue weighted by molar-refractivity contribution is 7.98. The standard InChI is InChI=1S/C20H33N7O7S/c1-10(28)16(20(33)34)27-19(32)13(3-4-15(22)29)26-18(31)14(5-6-35-2)25-17(30)12(21)7-11-8-23-9-24-11/h8-10,12-14,16,28H,3-7,21H2,1-2H3,(H2,22,29)(H,23,24)(H,25,30)(H,26,31)(H,27,32)(H,33,34). The minimum absolute atomic E-state index is 0.155. The zero-order chi connectivity index (χ0) is 26.5. The van der Waals surface area contributed by atoms with Gasteiger partial charge in [0.15, 0.2) is 6.04 Å². The maximum absolute atomic E-state index is 13.0. The average Bonchev–Trinajstić information content (AvgIpc) is 3.29. The summed E-state index contributed by atoms with van der Waals surface area (Å²) >= 11 is 1.43. The van der Waals surface area contributed by atoms with E-state index >= 15 is 0 Å². The molecule has 14 nitrogen and oxygen atoms in total. The number of hydrogen-bond donors (Lipinski definition) is 8. The van der Waals surface area contributed by atoms with Gasteiger partial charge in [0.25, 0.3) is 0 Å². The van der Waals surface area contributed by atoms with Gasteiger partial charge in [-0.3, -0.25) is 19.2 Å². The van der Waals surface area contributed by atoms with E-state index in [1.807, 2.05) is 6.26 Å². The number of carbonyl (C=O) groups excluding carboxylic acids is 4. The number of amides is 4. The fraction of sp³-hybridized carbons (Fsp3) is 0.600. The second-order valence-corrected chi connectivity index (χ2v) is 8.85. The highest BCUT2D eigenvalue weighted by Gasteiger charge is 2.32. The third-order valence-corrected chi connectivity index (χ3v) is 5.58. The molecule has 0 fully saturated rings. The molecule has 4 amide bonds. The average molecular weight is 516 g/mol. The third kappa shape index (κ3) is 10.7. The first-order valence-electron chi connectivity index (χ1n) is 10.8. The van der Waals surface area contributed by atoms with Crippen molar-refractivity contribution in [2.24, 2.45) is 11.5 Å². The molecule has 0 spiro atoms.